The Labute approximate surface area is 215 Å². The van der Waals surface area contributed by atoms with Gasteiger partial charge in [-0.1, -0.05) is 60.7 Å². The fourth-order valence-electron chi connectivity index (χ4n) is 4.48. The number of benzene rings is 3. The van der Waals surface area contributed by atoms with Crippen molar-refractivity contribution in [1.82, 2.24) is 5.32 Å². The maximum absolute atomic E-state index is 12.5. The minimum absolute atomic E-state index is 0.0654. The van der Waals surface area contributed by atoms with Gasteiger partial charge in [-0.15, -0.1) is 6.58 Å². The molecule has 37 heavy (non-hydrogen) atoms. The first kappa shape index (κ1) is 25.8. The fraction of sp³-hybridized carbons (Fsp3) is 0.241. The highest BCUT2D eigenvalue weighted by Gasteiger charge is 2.29. The number of hydrogen-bond acceptors (Lipinski definition) is 7. The van der Waals surface area contributed by atoms with E-state index in [-0.39, 0.29) is 48.9 Å². The topological polar surface area (TPSA) is 108 Å². The van der Waals surface area contributed by atoms with Crippen molar-refractivity contribution >= 4 is 17.6 Å². The number of nitro groups is 1. The van der Waals surface area contributed by atoms with Crippen LogP contribution in [0.3, 0.4) is 0 Å². The first-order valence-corrected chi connectivity index (χ1v) is 12.1. The Balaban J connectivity index is 1.33. The molecule has 8 nitrogen and oxygen atoms in total. The van der Waals surface area contributed by atoms with Gasteiger partial charge in [-0.3, -0.25) is 19.7 Å². The lowest BCUT2D eigenvalue weighted by Crippen LogP contribution is -2.18. The Morgan fingerprint density at radius 3 is 2.24 bits per heavy atom. The second-order valence-electron chi connectivity index (χ2n) is 8.65. The Morgan fingerprint density at radius 2 is 1.59 bits per heavy atom. The highest BCUT2D eigenvalue weighted by molar-refractivity contribution is 5.81. The van der Waals surface area contributed by atoms with E-state index in [1.807, 2.05) is 36.4 Å². The first-order valence-electron chi connectivity index (χ1n) is 12.1. The molecule has 8 heteroatoms. The van der Waals surface area contributed by atoms with E-state index in [0.29, 0.717) is 13.0 Å². The van der Waals surface area contributed by atoms with Crippen LogP contribution in [-0.2, 0) is 20.9 Å². The third-order valence-electron chi connectivity index (χ3n) is 6.26. The molecule has 3 aromatic carbocycles. The van der Waals surface area contributed by atoms with Crippen LogP contribution in [0.1, 0.15) is 41.9 Å². The largest absolute Gasteiger partial charge is 0.465 e. The molecule has 0 spiro atoms. The average molecular weight is 501 g/mol. The zero-order chi connectivity index (χ0) is 26.2. The van der Waals surface area contributed by atoms with Gasteiger partial charge in [-0.2, -0.15) is 0 Å². The third kappa shape index (κ3) is 6.10. The minimum Gasteiger partial charge on any atom is -0.465 e. The zero-order valence-corrected chi connectivity index (χ0v) is 20.4. The molecule has 0 saturated carbocycles. The second-order valence-corrected chi connectivity index (χ2v) is 8.65. The summed E-state index contributed by atoms with van der Waals surface area (Å²) in [6.45, 7) is 4.54. The van der Waals surface area contributed by atoms with Crippen molar-refractivity contribution in [2.45, 2.75) is 31.7 Å². The van der Waals surface area contributed by atoms with Gasteiger partial charge in [0, 0.05) is 18.5 Å². The van der Waals surface area contributed by atoms with Gasteiger partial charge in [-0.05, 0) is 41.3 Å². The summed E-state index contributed by atoms with van der Waals surface area (Å²) >= 11 is 0. The van der Waals surface area contributed by atoms with Crippen LogP contribution in [0, 0.1) is 10.1 Å². The lowest BCUT2D eigenvalue weighted by atomic mass is 9.98. The summed E-state index contributed by atoms with van der Waals surface area (Å²) in [7, 11) is 0. The van der Waals surface area contributed by atoms with Crippen LogP contribution >= 0.6 is 0 Å². The summed E-state index contributed by atoms with van der Waals surface area (Å²) < 4.78 is 10.9. The van der Waals surface area contributed by atoms with Gasteiger partial charge in [0.25, 0.3) is 5.69 Å². The van der Waals surface area contributed by atoms with Gasteiger partial charge in [0.05, 0.1) is 23.3 Å². The van der Waals surface area contributed by atoms with Crippen molar-refractivity contribution in [3.63, 3.8) is 0 Å². The lowest BCUT2D eigenvalue weighted by Gasteiger charge is -2.14. The number of carbonyl (C=O) groups is 2. The molecule has 190 valence electrons. The van der Waals surface area contributed by atoms with Gasteiger partial charge < -0.3 is 14.8 Å². The van der Waals surface area contributed by atoms with E-state index in [1.165, 1.54) is 18.2 Å². The van der Waals surface area contributed by atoms with Crippen molar-refractivity contribution in [3.05, 3.63) is 106 Å². The highest BCUT2D eigenvalue weighted by Crippen LogP contribution is 2.44. The quantitative estimate of drug-likeness (QED) is 0.0898. The van der Waals surface area contributed by atoms with E-state index in [9.17, 15) is 19.7 Å². The SMILES string of the molecule is C=CCCNCc1c(OC(=O)CCC(=O)OCC2c3ccccc3-c3ccccc32)cccc1[N+](=O)[O-]. The molecule has 4 rings (SSSR count). The van der Waals surface area contributed by atoms with Gasteiger partial charge in [0.1, 0.15) is 12.4 Å². The predicted octanol–water partition coefficient (Wildman–Crippen LogP) is 5.30. The number of carbonyl (C=O) groups excluding carboxylic acids is 2. The molecule has 0 atom stereocenters. The molecule has 0 amide bonds. The molecule has 0 fully saturated rings. The number of fused-ring (bicyclic) bond motifs is 3. The van der Waals surface area contributed by atoms with Gasteiger partial charge in [0.2, 0.25) is 0 Å². The minimum atomic E-state index is -0.665. The predicted molar refractivity (Wildman–Crippen MR) is 139 cm³/mol. The molecule has 0 saturated heterocycles. The summed E-state index contributed by atoms with van der Waals surface area (Å²) in [6, 6.07) is 20.4. The van der Waals surface area contributed by atoms with Gasteiger partial charge in [-0.25, -0.2) is 0 Å². The van der Waals surface area contributed by atoms with Gasteiger partial charge in [0.15, 0.2) is 0 Å². The molecule has 0 unspecified atom stereocenters. The Bertz CT molecular complexity index is 1270. The van der Waals surface area contributed by atoms with Gasteiger partial charge >= 0.3 is 11.9 Å². The second kappa shape index (κ2) is 12.1. The molecule has 1 aliphatic carbocycles. The Morgan fingerprint density at radius 1 is 0.946 bits per heavy atom. The maximum atomic E-state index is 12.5. The molecule has 0 aliphatic heterocycles. The Kier molecular flexibility index (Phi) is 8.43. The normalized spacial score (nSPS) is 11.9. The van der Waals surface area contributed by atoms with Crippen LogP contribution in [0.15, 0.2) is 79.4 Å². The van der Waals surface area contributed by atoms with Crippen LogP contribution in [0.25, 0.3) is 11.1 Å². The summed E-state index contributed by atoms with van der Waals surface area (Å²) in [5.74, 6) is -1.15. The van der Waals surface area contributed by atoms with Crippen LogP contribution < -0.4 is 10.1 Å². The average Bonchev–Trinajstić information content (AvgIpc) is 3.23. The van der Waals surface area contributed by atoms with Crippen LogP contribution in [-0.4, -0.2) is 30.0 Å². The number of rotatable bonds is 12. The van der Waals surface area contributed by atoms with Crippen molar-refractivity contribution in [3.8, 4) is 16.9 Å². The van der Waals surface area contributed by atoms with E-state index in [4.69, 9.17) is 9.47 Å². The summed E-state index contributed by atoms with van der Waals surface area (Å²) in [5.41, 5.74) is 4.61. The molecule has 0 bridgehead atoms. The lowest BCUT2D eigenvalue weighted by molar-refractivity contribution is -0.385. The van der Waals surface area contributed by atoms with Crippen LogP contribution in [0.5, 0.6) is 5.75 Å². The number of nitrogens with one attached hydrogen (secondary N) is 1. The molecular formula is C29H28N2O6. The molecule has 0 radical (unpaired) electrons. The standard InChI is InChI=1S/C29H28N2O6/c1-2-3-17-30-18-24-26(31(34)35)13-8-14-27(24)37-29(33)16-15-28(32)36-19-25-22-11-6-4-9-20(22)21-10-5-7-12-23(21)25/h2,4-14,25,30H,1,3,15-19H2. The first-order chi connectivity index (χ1) is 18.0. The van der Waals surface area contributed by atoms with E-state index in [1.54, 1.807) is 6.08 Å². The smallest absolute Gasteiger partial charge is 0.311 e. The number of esters is 2. The van der Waals surface area contributed by atoms with Crippen LogP contribution in [0.2, 0.25) is 0 Å². The molecule has 0 heterocycles. The van der Waals surface area contributed by atoms with E-state index in [0.717, 1.165) is 22.3 Å². The number of hydrogen-bond donors (Lipinski definition) is 1. The van der Waals surface area contributed by atoms with Crippen LogP contribution in [0.4, 0.5) is 5.69 Å². The number of nitro benzene ring substituents is 1. The Hall–Kier alpha value is -4.30. The molecular weight excluding hydrogens is 472 g/mol. The van der Waals surface area contributed by atoms with Crippen molar-refractivity contribution < 1.29 is 24.0 Å². The van der Waals surface area contributed by atoms with Crippen molar-refractivity contribution in [2.75, 3.05) is 13.2 Å². The summed E-state index contributed by atoms with van der Waals surface area (Å²) in [4.78, 5) is 35.9. The van der Waals surface area contributed by atoms with Crippen molar-refractivity contribution in [1.29, 1.82) is 0 Å². The fourth-order valence-corrected chi connectivity index (χ4v) is 4.48. The monoisotopic (exact) mass is 500 g/mol. The zero-order valence-electron chi connectivity index (χ0n) is 20.4. The molecule has 0 aromatic heterocycles. The molecule has 3 aromatic rings. The summed E-state index contributed by atoms with van der Waals surface area (Å²) in [5, 5.41) is 14.5. The highest BCUT2D eigenvalue weighted by atomic mass is 16.6. The number of ether oxygens (including phenoxy) is 2. The van der Waals surface area contributed by atoms with E-state index in [2.05, 4.69) is 24.0 Å². The summed E-state index contributed by atoms with van der Waals surface area (Å²) in [6.07, 6.45) is 2.06. The molecule has 1 aliphatic rings. The number of nitrogens with zero attached hydrogens (tertiary/aromatic N) is 1. The third-order valence-corrected chi connectivity index (χ3v) is 6.26. The van der Waals surface area contributed by atoms with Crippen molar-refractivity contribution in [2.24, 2.45) is 0 Å². The maximum Gasteiger partial charge on any atom is 0.311 e. The van der Waals surface area contributed by atoms with E-state index < -0.39 is 16.9 Å². The molecule has 1 N–H and O–H groups in total. The van der Waals surface area contributed by atoms with E-state index >= 15 is 0 Å².